The highest BCUT2D eigenvalue weighted by Crippen LogP contribution is 2.40. The van der Waals surface area contributed by atoms with E-state index in [9.17, 15) is 13.2 Å². The standard InChI is InChI=1S/C18H21F3N4/c1-10(2)22-17-24-15(12-5-6-12)9-16(25-17)23-14-8-13(18(19,20)21)7-4-11(14)3/h4,7-10,12H,5-6H2,1-3H3,(H2,22,23,24,25). The first-order valence-corrected chi connectivity index (χ1v) is 8.33. The summed E-state index contributed by atoms with van der Waals surface area (Å²) < 4.78 is 38.9. The predicted octanol–water partition coefficient (Wildman–Crippen LogP) is 5.25. The van der Waals surface area contributed by atoms with Crippen molar-refractivity contribution in [3.63, 3.8) is 0 Å². The van der Waals surface area contributed by atoms with E-state index in [4.69, 9.17) is 0 Å². The van der Waals surface area contributed by atoms with E-state index < -0.39 is 11.7 Å². The first-order valence-electron chi connectivity index (χ1n) is 8.33. The number of anilines is 3. The van der Waals surface area contributed by atoms with E-state index in [2.05, 4.69) is 20.6 Å². The third kappa shape index (κ3) is 4.41. The number of rotatable bonds is 5. The van der Waals surface area contributed by atoms with Crippen molar-refractivity contribution < 1.29 is 13.2 Å². The van der Waals surface area contributed by atoms with Crippen LogP contribution < -0.4 is 10.6 Å². The van der Waals surface area contributed by atoms with Crippen LogP contribution in [0.3, 0.4) is 0 Å². The van der Waals surface area contributed by atoms with E-state index in [1.807, 2.05) is 19.9 Å². The Labute approximate surface area is 144 Å². The molecule has 1 aromatic heterocycles. The maximum absolute atomic E-state index is 13.0. The van der Waals surface area contributed by atoms with Gasteiger partial charge in [-0.05, 0) is 51.3 Å². The van der Waals surface area contributed by atoms with Crippen molar-refractivity contribution in [2.75, 3.05) is 10.6 Å². The monoisotopic (exact) mass is 350 g/mol. The summed E-state index contributed by atoms with van der Waals surface area (Å²) in [7, 11) is 0. The summed E-state index contributed by atoms with van der Waals surface area (Å²) in [4.78, 5) is 8.91. The molecule has 0 aliphatic heterocycles. The fraction of sp³-hybridized carbons (Fsp3) is 0.444. The van der Waals surface area contributed by atoms with Crippen molar-refractivity contribution in [1.29, 1.82) is 0 Å². The third-order valence-electron chi connectivity index (χ3n) is 3.99. The molecule has 0 unspecified atom stereocenters. The van der Waals surface area contributed by atoms with Gasteiger partial charge in [0.25, 0.3) is 0 Å². The maximum Gasteiger partial charge on any atom is 0.416 e. The zero-order chi connectivity index (χ0) is 18.2. The van der Waals surface area contributed by atoms with Crippen molar-refractivity contribution in [3.05, 3.63) is 41.1 Å². The van der Waals surface area contributed by atoms with Crippen LogP contribution in [0.5, 0.6) is 0 Å². The molecular weight excluding hydrogens is 329 g/mol. The molecule has 7 heteroatoms. The van der Waals surface area contributed by atoms with Crippen LogP contribution in [0.4, 0.5) is 30.6 Å². The largest absolute Gasteiger partial charge is 0.416 e. The number of nitrogens with one attached hydrogen (secondary N) is 2. The minimum absolute atomic E-state index is 0.164. The van der Waals surface area contributed by atoms with Crippen LogP contribution in [-0.2, 0) is 6.18 Å². The number of hydrogen-bond donors (Lipinski definition) is 2. The van der Waals surface area contributed by atoms with Gasteiger partial charge in [0.15, 0.2) is 0 Å². The smallest absolute Gasteiger partial charge is 0.352 e. The fourth-order valence-corrected chi connectivity index (χ4v) is 2.51. The van der Waals surface area contributed by atoms with Crippen LogP contribution in [0.2, 0.25) is 0 Å². The molecule has 0 amide bonds. The molecule has 0 bridgehead atoms. The van der Waals surface area contributed by atoms with Gasteiger partial charge in [0.2, 0.25) is 5.95 Å². The van der Waals surface area contributed by atoms with Gasteiger partial charge < -0.3 is 10.6 Å². The number of benzene rings is 1. The highest BCUT2D eigenvalue weighted by Gasteiger charge is 2.31. The Balaban J connectivity index is 1.93. The van der Waals surface area contributed by atoms with E-state index >= 15 is 0 Å². The number of nitrogens with zero attached hydrogens (tertiary/aromatic N) is 2. The second-order valence-electron chi connectivity index (χ2n) is 6.73. The Hall–Kier alpha value is -2.31. The Morgan fingerprint density at radius 2 is 1.84 bits per heavy atom. The molecule has 0 saturated heterocycles. The van der Waals surface area contributed by atoms with Gasteiger partial charge in [0.1, 0.15) is 5.82 Å². The molecule has 0 radical (unpaired) electrons. The maximum atomic E-state index is 13.0. The van der Waals surface area contributed by atoms with E-state index in [0.29, 0.717) is 23.4 Å². The zero-order valence-electron chi connectivity index (χ0n) is 14.4. The Bertz CT molecular complexity index is 767. The quantitative estimate of drug-likeness (QED) is 0.774. The van der Waals surface area contributed by atoms with Gasteiger partial charge in [-0.25, -0.2) is 4.98 Å². The molecule has 2 N–H and O–H groups in total. The first-order chi connectivity index (χ1) is 11.7. The molecule has 0 spiro atoms. The summed E-state index contributed by atoms with van der Waals surface area (Å²) in [5.74, 6) is 1.41. The molecule has 1 aliphatic carbocycles. The molecule has 4 nitrogen and oxygen atoms in total. The van der Waals surface area contributed by atoms with Gasteiger partial charge in [-0.1, -0.05) is 6.07 Å². The van der Waals surface area contributed by atoms with Crippen LogP contribution in [0.25, 0.3) is 0 Å². The van der Waals surface area contributed by atoms with Gasteiger partial charge in [0, 0.05) is 23.7 Å². The molecule has 134 valence electrons. The summed E-state index contributed by atoms with van der Waals surface area (Å²) in [6, 6.07) is 5.65. The van der Waals surface area contributed by atoms with Crippen molar-refractivity contribution in [3.8, 4) is 0 Å². The topological polar surface area (TPSA) is 49.8 Å². The third-order valence-corrected chi connectivity index (χ3v) is 3.99. The molecule has 25 heavy (non-hydrogen) atoms. The molecule has 1 saturated carbocycles. The van der Waals surface area contributed by atoms with Crippen molar-refractivity contribution in [1.82, 2.24) is 9.97 Å². The fourth-order valence-electron chi connectivity index (χ4n) is 2.51. The van der Waals surface area contributed by atoms with Crippen molar-refractivity contribution in [2.45, 2.75) is 51.7 Å². The van der Waals surface area contributed by atoms with E-state index in [0.717, 1.165) is 36.2 Å². The summed E-state index contributed by atoms with van der Waals surface area (Å²) >= 11 is 0. The van der Waals surface area contributed by atoms with Crippen LogP contribution in [0.15, 0.2) is 24.3 Å². The number of aryl methyl sites for hydroxylation is 1. The molecule has 3 rings (SSSR count). The lowest BCUT2D eigenvalue weighted by Crippen LogP contribution is -2.14. The lowest BCUT2D eigenvalue weighted by molar-refractivity contribution is -0.137. The average molecular weight is 350 g/mol. The summed E-state index contributed by atoms with van der Waals surface area (Å²) in [5, 5.41) is 6.19. The Morgan fingerprint density at radius 3 is 2.44 bits per heavy atom. The summed E-state index contributed by atoms with van der Waals surface area (Å²) in [5.41, 5.74) is 1.35. The van der Waals surface area contributed by atoms with Gasteiger partial charge in [-0.2, -0.15) is 18.2 Å². The molecule has 0 atom stereocenters. The van der Waals surface area contributed by atoms with Crippen LogP contribution in [0.1, 0.15) is 49.4 Å². The summed E-state index contributed by atoms with van der Waals surface area (Å²) in [6.07, 6.45) is -2.21. The first kappa shape index (κ1) is 17.5. The van der Waals surface area contributed by atoms with Crippen molar-refractivity contribution >= 4 is 17.5 Å². The zero-order valence-corrected chi connectivity index (χ0v) is 14.4. The predicted molar refractivity (Wildman–Crippen MR) is 92.2 cm³/mol. The second-order valence-corrected chi connectivity index (χ2v) is 6.73. The minimum Gasteiger partial charge on any atom is -0.352 e. The van der Waals surface area contributed by atoms with Crippen LogP contribution in [0, 0.1) is 6.92 Å². The Kier molecular flexibility index (Phi) is 4.58. The number of alkyl halides is 3. The molecule has 1 heterocycles. The molecule has 2 aromatic rings. The lowest BCUT2D eigenvalue weighted by atomic mass is 10.1. The number of halogens is 3. The van der Waals surface area contributed by atoms with E-state index in [1.54, 1.807) is 6.92 Å². The van der Waals surface area contributed by atoms with Gasteiger partial charge in [0.05, 0.1) is 11.3 Å². The number of aromatic nitrogens is 2. The van der Waals surface area contributed by atoms with Gasteiger partial charge in [-0.15, -0.1) is 0 Å². The van der Waals surface area contributed by atoms with Crippen LogP contribution in [-0.4, -0.2) is 16.0 Å². The molecule has 1 fully saturated rings. The minimum atomic E-state index is -4.38. The second kappa shape index (κ2) is 6.54. The summed E-state index contributed by atoms with van der Waals surface area (Å²) in [6.45, 7) is 5.73. The number of hydrogen-bond acceptors (Lipinski definition) is 4. The van der Waals surface area contributed by atoms with Crippen molar-refractivity contribution in [2.24, 2.45) is 0 Å². The molecular formula is C18H21F3N4. The highest BCUT2D eigenvalue weighted by atomic mass is 19.4. The highest BCUT2D eigenvalue weighted by molar-refractivity contribution is 5.63. The van der Waals surface area contributed by atoms with Gasteiger partial charge >= 0.3 is 6.18 Å². The Morgan fingerprint density at radius 1 is 1.12 bits per heavy atom. The molecule has 1 aromatic carbocycles. The SMILES string of the molecule is Cc1ccc(C(F)(F)F)cc1Nc1cc(C2CC2)nc(NC(C)C)n1. The lowest BCUT2D eigenvalue weighted by Gasteiger charge is -2.15. The average Bonchev–Trinajstić information content (AvgIpc) is 3.32. The van der Waals surface area contributed by atoms with Gasteiger partial charge in [-0.3, -0.25) is 0 Å². The van der Waals surface area contributed by atoms with Crippen LogP contribution >= 0.6 is 0 Å². The molecule has 1 aliphatic rings. The van der Waals surface area contributed by atoms with E-state index in [1.165, 1.54) is 6.07 Å². The van der Waals surface area contributed by atoms with E-state index in [-0.39, 0.29) is 6.04 Å². The normalized spacial score (nSPS) is 14.7.